The van der Waals surface area contributed by atoms with Crippen molar-refractivity contribution in [2.45, 2.75) is 32.2 Å². The van der Waals surface area contributed by atoms with Gasteiger partial charge in [-0.15, -0.1) is 0 Å². The predicted molar refractivity (Wildman–Crippen MR) is 123 cm³/mol. The Bertz CT molecular complexity index is 983. The number of nitrogens with one attached hydrogen (secondary N) is 1. The van der Waals surface area contributed by atoms with E-state index in [0.29, 0.717) is 34.3 Å². The highest BCUT2D eigenvalue weighted by molar-refractivity contribution is 6.42. The maximum atomic E-state index is 12.9. The van der Waals surface area contributed by atoms with Crippen LogP contribution in [0.2, 0.25) is 10.0 Å². The van der Waals surface area contributed by atoms with Gasteiger partial charge in [0, 0.05) is 13.6 Å². The first kappa shape index (κ1) is 22.3. The average Bonchev–Trinajstić information content (AvgIpc) is 2.93. The number of halogens is 2. The smallest absolute Gasteiger partial charge is 0.253 e. The molecule has 0 bridgehead atoms. The van der Waals surface area contributed by atoms with Crippen LogP contribution < -0.4 is 5.32 Å². The lowest BCUT2D eigenvalue weighted by atomic mass is 9.98. The summed E-state index contributed by atoms with van der Waals surface area (Å²) >= 11 is 12.0. The molecule has 4 nitrogen and oxygen atoms in total. The fourth-order valence-electron chi connectivity index (χ4n) is 3.59. The zero-order chi connectivity index (χ0) is 21.8. The van der Waals surface area contributed by atoms with Crippen LogP contribution in [-0.2, 0) is 17.6 Å². The van der Waals surface area contributed by atoms with E-state index < -0.39 is 0 Å². The molecule has 0 aromatic heterocycles. The number of amides is 1. The van der Waals surface area contributed by atoms with Crippen LogP contribution in [0.1, 0.15) is 23.1 Å². The molecule has 1 aliphatic heterocycles. The van der Waals surface area contributed by atoms with Crippen molar-refractivity contribution in [3.8, 4) is 0 Å². The molecule has 30 heavy (non-hydrogen) atoms. The number of aryl methyl sites for hydroxylation is 2. The second-order valence-corrected chi connectivity index (χ2v) is 8.45. The molecule has 2 aromatic carbocycles. The summed E-state index contributed by atoms with van der Waals surface area (Å²) in [6, 6.07) is 13.5. The fraction of sp³-hybridized carbons (Fsp3) is 0.292. The van der Waals surface area contributed by atoms with Gasteiger partial charge in [-0.1, -0.05) is 65.7 Å². The number of hydrogen-bond donors (Lipinski definition) is 2. The molecule has 3 rings (SSSR count). The summed E-state index contributed by atoms with van der Waals surface area (Å²) in [6.45, 7) is 6.45. The van der Waals surface area contributed by atoms with Gasteiger partial charge >= 0.3 is 0 Å². The standard InChI is InChI=1S/C24H26Cl2N2O2/c1-15-6-8-18(9-7-15)14-21-22(23(29)16(2)28(21)3)24(30)27-12-4-5-17-10-11-19(25)20(26)13-17/h6-11,13,21,29H,2,4-5,12,14H2,1,3H3,(H,27,30). The lowest BCUT2D eigenvalue weighted by Gasteiger charge is -2.24. The third-order valence-electron chi connectivity index (χ3n) is 5.46. The van der Waals surface area contributed by atoms with Crippen LogP contribution in [0, 0.1) is 6.92 Å². The Labute approximate surface area is 187 Å². The van der Waals surface area contributed by atoms with E-state index in [1.165, 1.54) is 5.56 Å². The summed E-state index contributed by atoms with van der Waals surface area (Å²) in [5, 5.41) is 14.5. The van der Waals surface area contributed by atoms with Crippen molar-refractivity contribution in [3.63, 3.8) is 0 Å². The van der Waals surface area contributed by atoms with Gasteiger partial charge in [-0.3, -0.25) is 4.79 Å². The second-order valence-electron chi connectivity index (χ2n) is 7.63. The lowest BCUT2D eigenvalue weighted by molar-refractivity contribution is -0.118. The van der Waals surface area contributed by atoms with Crippen molar-refractivity contribution in [1.29, 1.82) is 0 Å². The van der Waals surface area contributed by atoms with Crippen molar-refractivity contribution in [2.24, 2.45) is 0 Å². The molecular formula is C24H26Cl2N2O2. The molecule has 2 aromatic rings. The SMILES string of the molecule is C=C1C(O)=C(C(=O)NCCCc2ccc(Cl)c(Cl)c2)C(Cc2ccc(C)cc2)N1C. The van der Waals surface area contributed by atoms with E-state index in [2.05, 4.69) is 11.9 Å². The maximum absolute atomic E-state index is 12.9. The summed E-state index contributed by atoms with van der Waals surface area (Å²) in [6.07, 6.45) is 2.13. The Morgan fingerprint density at radius 1 is 1.13 bits per heavy atom. The zero-order valence-electron chi connectivity index (χ0n) is 17.2. The van der Waals surface area contributed by atoms with Crippen molar-refractivity contribution in [1.82, 2.24) is 10.2 Å². The number of hydrogen-bond acceptors (Lipinski definition) is 3. The van der Waals surface area contributed by atoms with Crippen molar-refractivity contribution in [3.05, 3.63) is 92.8 Å². The number of aliphatic hydroxyl groups is 1. The number of nitrogens with zero attached hydrogens (tertiary/aromatic N) is 1. The second kappa shape index (κ2) is 9.59. The summed E-state index contributed by atoms with van der Waals surface area (Å²) in [4.78, 5) is 14.7. The van der Waals surface area contributed by atoms with Crippen LogP contribution in [0.5, 0.6) is 0 Å². The molecule has 1 aliphatic rings. The van der Waals surface area contributed by atoms with Gasteiger partial charge < -0.3 is 15.3 Å². The van der Waals surface area contributed by atoms with Gasteiger partial charge in [-0.05, 0) is 49.4 Å². The Balaban J connectivity index is 1.62. The minimum absolute atomic E-state index is 0.0309. The van der Waals surface area contributed by atoms with Gasteiger partial charge in [-0.25, -0.2) is 0 Å². The number of likely N-dealkylation sites (N-methyl/N-ethyl adjacent to an activating group) is 1. The molecule has 1 amide bonds. The number of carbonyl (C=O) groups excluding carboxylic acids is 1. The van der Waals surface area contributed by atoms with E-state index in [0.717, 1.165) is 24.0 Å². The molecule has 0 fully saturated rings. The van der Waals surface area contributed by atoms with Gasteiger partial charge in [0.05, 0.1) is 27.4 Å². The van der Waals surface area contributed by atoms with E-state index >= 15 is 0 Å². The van der Waals surface area contributed by atoms with E-state index in [-0.39, 0.29) is 17.7 Å². The molecule has 1 heterocycles. The quantitative estimate of drug-likeness (QED) is 0.574. The Morgan fingerprint density at radius 2 is 1.80 bits per heavy atom. The molecule has 0 radical (unpaired) electrons. The van der Waals surface area contributed by atoms with Crippen LogP contribution in [-0.4, -0.2) is 35.5 Å². The molecule has 2 N–H and O–H groups in total. The molecular weight excluding hydrogens is 419 g/mol. The molecule has 0 saturated heterocycles. The highest BCUT2D eigenvalue weighted by Gasteiger charge is 2.37. The summed E-state index contributed by atoms with van der Waals surface area (Å²) in [7, 11) is 1.85. The van der Waals surface area contributed by atoms with Crippen LogP contribution in [0.4, 0.5) is 0 Å². The van der Waals surface area contributed by atoms with Crippen molar-refractivity contribution < 1.29 is 9.90 Å². The number of aliphatic hydroxyl groups excluding tert-OH is 1. The third-order valence-corrected chi connectivity index (χ3v) is 6.20. The molecule has 1 unspecified atom stereocenters. The van der Waals surface area contributed by atoms with E-state index in [4.69, 9.17) is 23.2 Å². The first-order valence-corrected chi connectivity index (χ1v) is 10.7. The van der Waals surface area contributed by atoms with Gasteiger partial charge in [-0.2, -0.15) is 0 Å². The molecule has 0 spiro atoms. The highest BCUT2D eigenvalue weighted by atomic mass is 35.5. The summed E-state index contributed by atoms with van der Waals surface area (Å²) < 4.78 is 0. The molecule has 158 valence electrons. The van der Waals surface area contributed by atoms with Gasteiger partial charge in [0.25, 0.3) is 5.91 Å². The van der Waals surface area contributed by atoms with Crippen LogP contribution in [0.25, 0.3) is 0 Å². The fourth-order valence-corrected chi connectivity index (χ4v) is 3.91. The van der Waals surface area contributed by atoms with E-state index in [1.807, 2.05) is 55.3 Å². The van der Waals surface area contributed by atoms with E-state index in [1.54, 1.807) is 6.07 Å². The summed E-state index contributed by atoms with van der Waals surface area (Å²) in [5.41, 5.74) is 4.18. The molecule has 6 heteroatoms. The highest BCUT2D eigenvalue weighted by Crippen LogP contribution is 2.32. The minimum Gasteiger partial charge on any atom is -0.505 e. The van der Waals surface area contributed by atoms with Crippen molar-refractivity contribution in [2.75, 3.05) is 13.6 Å². The molecule has 1 atom stereocenters. The van der Waals surface area contributed by atoms with Crippen molar-refractivity contribution >= 4 is 29.1 Å². The topological polar surface area (TPSA) is 52.6 Å². The van der Waals surface area contributed by atoms with Crippen LogP contribution in [0.3, 0.4) is 0 Å². The normalized spacial score (nSPS) is 16.3. The van der Waals surface area contributed by atoms with Gasteiger partial charge in [0.15, 0.2) is 0 Å². The predicted octanol–water partition coefficient (Wildman–Crippen LogP) is 5.23. The first-order chi connectivity index (χ1) is 14.3. The number of benzene rings is 2. The third kappa shape index (κ3) is 5.00. The van der Waals surface area contributed by atoms with Gasteiger partial charge in [0.2, 0.25) is 0 Å². The Hall–Kier alpha value is -2.43. The first-order valence-electron chi connectivity index (χ1n) is 9.91. The van der Waals surface area contributed by atoms with Crippen LogP contribution in [0.15, 0.2) is 66.1 Å². The molecule has 0 aliphatic carbocycles. The Kier molecular flexibility index (Phi) is 7.11. The Morgan fingerprint density at radius 3 is 2.47 bits per heavy atom. The number of rotatable bonds is 7. The average molecular weight is 445 g/mol. The maximum Gasteiger partial charge on any atom is 0.253 e. The lowest BCUT2D eigenvalue weighted by Crippen LogP contribution is -2.36. The van der Waals surface area contributed by atoms with Gasteiger partial charge in [0.1, 0.15) is 5.76 Å². The number of carbonyl (C=O) groups is 1. The van der Waals surface area contributed by atoms with E-state index in [9.17, 15) is 9.90 Å². The molecule has 0 saturated carbocycles. The zero-order valence-corrected chi connectivity index (χ0v) is 18.7. The summed E-state index contributed by atoms with van der Waals surface area (Å²) in [5.74, 6) is -0.291. The minimum atomic E-state index is -0.260. The van der Waals surface area contributed by atoms with Crippen LogP contribution >= 0.6 is 23.2 Å². The monoisotopic (exact) mass is 444 g/mol. The largest absolute Gasteiger partial charge is 0.505 e.